The summed E-state index contributed by atoms with van der Waals surface area (Å²) < 4.78 is 1.79. The quantitative estimate of drug-likeness (QED) is 0.885. The summed E-state index contributed by atoms with van der Waals surface area (Å²) in [4.78, 5) is 1.45. The van der Waals surface area contributed by atoms with Crippen LogP contribution in [0.25, 0.3) is 0 Å². The number of aryl methyl sites for hydroxylation is 3. The Kier molecular flexibility index (Phi) is 3.84. The fourth-order valence-corrected chi connectivity index (χ4v) is 2.86. The largest absolute Gasteiger partial charge is 0.384 e. The van der Waals surface area contributed by atoms with E-state index in [-0.39, 0.29) is 0 Å². The van der Waals surface area contributed by atoms with Gasteiger partial charge in [0.05, 0.1) is 5.69 Å². The molecule has 0 aliphatic rings. The van der Waals surface area contributed by atoms with Gasteiger partial charge in [-0.05, 0) is 37.1 Å². The molecule has 3 nitrogen and oxygen atoms in total. The fourth-order valence-electron chi connectivity index (χ4n) is 2.11. The first-order valence-electron chi connectivity index (χ1n) is 6.05. The number of nitrogens with two attached hydrogens (primary N) is 1. The first-order chi connectivity index (χ1) is 8.22. The van der Waals surface area contributed by atoms with Crippen molar-refractivity contribution < 1.29 is 0 Å². The van der Waals surface area contributed by atoms with Gasteiger partial charge in [0.25, 0.3) is 0 Å². The van der Waals surface area contributed by atoms with E-state index >= 15 is 0 Å². The third-order valence-electron chi connectivity index (χ3n) is 3.05. The van der Waals surface area contributed by atoms with Crippen LogP contribution in [0.2, 0.25) is 0 Å². The average molecular weight is 249 g/mol. The first-order valence-corrected chi connectivity index (χ1v) is 6.93. The molecule has 0 unspecified atom stereocenters. The Labute approximate surface area is 106 Å². The standard InChI is InChI=1S/C13H19N3S/c1-3-11-12(15-16(2)13(11)14)8-4-6-10-7-5-9-17-10/h5,7,9H,3-4,6,8,14H2,1-2H3. The molecule has 0 radical (unpaired) electrons. The van der Waals surface area contributed by atoms with Crippen LogP contribution >= 0.6 is 11.3 Å². The van der Waals surface area contributed by atoms with E-state index in [9.17, 15) is 0 Å². The Hall–Kier alpha value is -1.29. The fraction of sp³-hybridized carbons (Fsp3) is 0.462. The zero-order valence-electron chi connectivity index (χ0n) is 10.4. The maximum atomic E-state index is 5.98. The van der Waals surface area contributed by atoms with Crippen LogP contribution in [0.4, 0.5) is 5.82 Å². The molecule has 0 atom stereocenters. The van der Waals surface area contributed by atoms with Crippen molar-refractivity contribution in [3.63, 3.8) is 0 Å². The van der Waals surface area contributed by atoms with Crippen LogP contribution in [0.15, 0.2) is 17.5 Å². The summed E-state index contributed by atoms with van der Waals surface area (Å²) in [5, 5.41) is 6.63. The zero-order valence-corrected chi connectivity index (χ0v) is 11.3. The van der Waals surface area contributed by atoms with Gasteiger partial charge in [-0.15, -0.1) is 11.3 Å². The van der Waals surface area contributed by atoms with Crippen LogP contribution in [0, 0.1) is 0 Å². The molecule has 2 rings (SSSR count). The van der Waals surface area contributed by atoms with Crippen molar-refractivity contribution in [2.24, 2.45) is 7.05 Å². The van der Waals surface area contributed by atoms with Gasteiger partial charge in [0.2, 0.25) is 0 Å². The van der Waals surface area contributed by atoms with E-state index in [2.05, 4.69) is 29.5 Å². The topological polar surface area (TPSA) is 43.8 Å². The molecule has 4 heteroatoms. The van der Waals surface area contributed by atoms with Gasteiger partial charge in [-0.3, -0.25) is 4.68 Å². The molecular weight excluding hydrogens is 230 g/mol. The molecule has 17 heavy (non-hydrogen) atoms. The highest BCUT2D eigenvalue weighted by atomic mass is 32.1. The minimum atomic E-state index is 0.818. The number of aromatic nitrogens is 2. The Morgan fingerprint density at radius 1 is 1.41 bits per heavy atom. The smallest absolute Gasteiger partial charge is 0.124 e. The molecule has 0 bridgehead atoms. The summed E-state index contributed by atoms with van der Waals surface area (Å²) >= 11 is 1.83. The predicted octanol–water partition coefficient (Wildman–Crippen LogP) is 2.80. The monoisotopic (exact) mass is 249 g/mol. The highest BCUT2D eigenvalue weighted by molar-refractivity contribution is 7.09. The zero-order chi connectivity index (χ0) is 12.3. The lowest BCUT2D eigenvalue weighted by atomic mass is 10.1. The lowest BCUT2D eigenvalue weighted by Gasteiger charge is -2.00. The maximum Gasteiger partial charge on any atom is 0.124 e. The van der Waals surface area contributed by atoms with Crippen LogP contribution in [-0.2, 0) is 26.3 Å². The van der Waals surface area contributed by atoms with E-state index in [1.54, 1.807) is 4.68 Å². The molecule has 2 N–H and O–H groups in total. The SMILES string of the molecule is CCc1c(CCCc2cccs2)nn(C)c1N. The summed E-state index contributed by atoms with van der Waals surface area (Å²) in [5.74, 6) is 0.818. The molecule has 92 valence electrons. The summed E-state index contributed by atoms with van der Waals surface area (Å²) in [6.07, 6.45) is 4.27. The summed E-state index contributed by atoms with van der Waals surface area (Å²) in [6, 6.07) is 4.30. The molecular formula is C13H19N3S. The third kappa shape index (κ3) is 2.69. The van der Waals surface area contributed by atoms with Crippen LogP contribution in [-0.4, -0.2) is 9.78 Å². The van der Waals surface area contributed by atoms with Crippen molar-refractivity contribution >= 4 is 17.2 Å². The molecule has 0 saturated carbocycles. The number of anilines is 1. The molecule has 0 aliphatic carbocycles. The van der Waals surface area contributed by atoms with Gasteiger partial charge in [-0.25, -0.2) is 0 Å². The Balaban J connectivity index is 1.97. The van der Waals surface area contributed by atoms with Crippen molar-refractivity contribution in [2.45, 2.75) is 32.6 Å². The minimum absolute atomic E-state index is 0.818. The molecule has 0 spiro atoms. The van der Waals surface area contributed by atoms with Gasteiger partial charge in [-0.2, -0.15) is 5.10 Å². The summed E-state index contributed by atoms with van der Waals surface area (Å²) in [7, 11) is 1.91. The van der Waals surface area contributed by atoms with Crippen molar-refractivity contribution in [2.75, 3.05) is 5.73 Å². The lowest BCUT2D eigenvalue weighted by Crippen LogP contribution is -1.98. The highest BCUT2D eigenvalue weighted by Crippen LogP contribution is 2.19. The third-order valence-corrected chi connectivity index (χ3v) is 3.98. The van der Waals surface area contributed by atoms with Gasteiger partial charge in [0, 0.05) is 17.5 Å². The molecule has 2 aromatic rings. The minimum Gasteiger partial charge on any atom is -0.384 e. The molecule has 2 aromatic heterocycles. The van der Waals surface area contributed by atoms with E-state index < -0.39 is 0 Å². The van der Waals surface area contributed by atoms with Crippen molar-refractivity contribution in [1.29, 1.82) is 0 Å². The molecule has 0 aromatic carbocycles. The number of hydrogen-bond donors (Lipinski definition) is 1. The second-order valence-corrected chi connectivity index (χ2v) is 5.25. The van der Waals surface area contributed by atoms with Crippen LogP contribution in [0.5, 0.6) is 0 Å². The van der Waals surface area contributed by atoms with E-state index in [1.165, 1.54) is 16.1 Å². The molecule has 0 saturated heterocycles. The lowest BCUT2D eigenvalue weighted by molar-refractivity contribution is 0.726. The Bertz CT molecular complexity index is 471. The second-order valence-electron chi connectivity index (χ2n) is 4.22. The first kappa shape index (κ1) is 12.2. The number of thiophene rings is 1. The Morgan fingerprint density at radius 2 is 2.24 bits per heavy atom. The van der Waals surface area contributed by atoms with Gasteiger partial charge in [0.15, 0.2) is 0 Å². The van der Waals surface area contributed by atoms with E-state index in [1.807, 2.05) is 18.4 Å². The van der Waals surface area contributed by atoms with Gasteiger partial charge >= 0.3 is 0 Å². The van der Waals surface area contributed by atoms with E-state index in [0.29, 0.717) is 0 Å². The van der Waals surface area contributed by atoms with Crippen LogP contribution in [0.3, 0.4) is 0 Å². The van der Waals surface area contributed by atoms with Crippen molar-refractivity contribution in [3.8, 4) is 0 Å². The number of nitrogen functional groups attached to an aromatic ring is 1. The molecule has 2 heterocycles. The van der Waals surface area contributed by atoms with Gasteiger partial charge < -0.3 is 5.73 Å². The van der Waals surface area contributed by atoms with E-state index in [4.69, 9.17) is 5.73 Å². The number of hydrogen-bond acceptors (Lipinski definition) is 3. The van der Waals surface area contributed by atoms with Gasteiger partial charge in [0.1, 0.15) is 5.82 Å². The molecule has 0 aliphatic heterocycles. The van der Waals surface area contributed by atoms with Crippen LogP contribution in [0.1, 0.15) is 29.5 Å². The number of nitrogens with zero attached hydrogens (tertiary/aromatic N) is 2. The van der Waals surface area contributed by atoms with Crippen LogP contribution < -0.4 is 5.73 Å². The van der Waals surface area contributed by atoms with Gasteiger partial charge in [-0.1, -0.05) is 13.0 Å². The molecule has 0 amide bonds. The summed E-state index contributed by atoms with van der Waals surface area (Å²) in [5.41, 5.74) is 8.37. The second kappa shape index (κ2) is 5.36. The predicted molar refractivity (Wildman–Crippen MR) is 73.3 cm³/mol. The average Bonchev–Trinajstić information content (AvgIpc) is 2.90. The van der Waals surface area contributed by atoms with E-state index in [0.717, 1.165) is 31.5 Å². The maximum absolute atomic E-state index is 5.98. The Morgan fingerprint density at radius 3 is 2.88 bits per heavy atom. The van der Waals surface area contributed by atoms with Crippen molar-refractivity contribution in [3.05, 3.63) is 33.6 Å². The number of rotatable bonds is 5. The summed E-state index contributed by atoms with van der Waals surface area (Å²) in [6.45, 7) is 2.14. The molecule has 0 fully saturated rings. The normalized spacial score (nSPS) is 10.9. The highest BCUT2D eigenvalue weighted by Gasteiger charge is 2.11. The van der Waals surface area contributed by atoms with Crippen molar-refractivity contribution in [1.82, 2.24) is 9.78 Å².